The summed E-state index contributed by atoms with van der Waals surface area (Å²) in [7, 11) is 0. The molecule has 132 valence electrons. The third-order valence-electron chi connectivity index (χ3n) is 3.39. The first-order chi connectivity index (χ1) is 12.3. The van der Waals surface area contributed by atoms with Gasteiger partial charge in [0, 0.05) is 24.5 Å². The monoisotopic (exact) mass is 369 g/mol. The lowest BCUT2D eigenvalue weighted by molar-refractivity contribution is -0.123. The van der Waals surface area contributed by atoms with Gasteiger partial charge in [0.05, 0.1) is 16.4 Å². The fraction of sp³-hybridized carbons (Fsp3) is 0.0556. The fourth-order valence-electron chi connectivity index (χ4n) is 2.13. The normalized spacial score (nSPS) is 10.7. The third kappa shape index (κ3) is 4.32. The predicted octanol–water partition coefficient (Wildman–Crippen LogP) is 2.90. The molecule has 8 heteroatoms. The number of amides is 2. The molecule has 0 saturated carbocycles. The molecule has 0 bridgehead atoms. The Balaban J connectivity index is 2.31. The lowest BCUT2D eigenvalue weighted by Gasteiger charge is -2.19. The molecule has 0 atom stereocenters. The number of nitrogen functional groups attached to an aromatic ring is 2. The molecule has 0 spiro atoms. The molecule has 0 heterocycles. The molecule has 2 aromatic rings. The largest absolute Gasteiger partial charge is 0.399 e. The number of rotatable bonds is 4. The second-order valence-corrected chi connectivity index (χ2v) is 5.71. The lowest BCUT2D eigenvalue weighted by Crippen LogP contribution is -2.36. The molecule has 0 aliphatic rings. The predicted molar refractivity (Wildman–Crippen MR) is 102 cm³/mol. The second-order valence-electron chi connectivity index (χ2n) is 5.30. The maximum absolute atomic E-state index is 12.7. The highest BCUT2D eigenvalue weighted by Crippen LogP contribution is 2.24. The number of carbonyl (C=O) groups excluding carboxylic acids is 2. The van der Waals surface area contributed by atoms with E-state index in [9.17, 15) is 14.9 Å². The summed E-state index contributed by atoms with van der Waals surface area (Å²) in [5.74, 6) is -1.31. The zero-order chi connectivity index (χ0) is 19.3. The highest BCUT2D eigenvalue weighted by molar-refractivity contribution is 6.33. The minimum atomic E-state index is -0.774. The quantitative estimate of drug-likeness (QED) is 0.432. The van der Waals surface area contributed by atoms with Gasteiger partial charge in [-0.3, -0.25) is 9.59 Å². The molecule has 2 rings (SSSR count). The SMILES string of the molecule is CC(=O)N(C(=O)/C(C#N)=C\Nc1ccc(N)cc1Cl)c1ccc(N)cc1. The van der Waals surface area contributed by atoms with Gasteiger partial charge in [0.2, 0.25) is 5.91 Å². The van der Waals surface area contributed by atoms with E-state index in [1.807, 2.05) is 0 Å². The Labute approximate surface area is 155 Å². The molecule has 5 N–H and O–H groups in total. The highest BCUT2D eigenvalue weighted by atomic mass is 35.5. The zero-order valence-corrected chi connectivity index (χ0v) is 14.6. The van der Waals surface area contributed by atoms with Crippen molar-refractivity contribution in [1.82, 2.24) is 0 Å². The van der Waals surface area contributed by atoms with Crippen LogP contribution in [0.3, 0.4) is 0 Å². The third-order valence-corrected chi connectivity index (χ3v) is 3.70. The van der Waals surface area contributed by atoms with E-state index in [0.717, 1.165) is 4.90 Å². The Hall–Kier alpha value is -3.50. The van der Waals surface area contributed by atoms with E-state index >= 15 is 0 Å². The van der Waals surface area contributed by atoms with Crippen LogP contribution in [0.1, 0.15) is 6.92 Å². The van der Waals surface area contributed by atoms with E-state index < -0.39 is 11.8 Å². The number of hydrogen-bond acceptors (Lipinski definition) is 6. The summed E-state index contributed by atoms with van der Waals surface area (Å²) in [5.41, 5.74) is 12.7. The maximum atomic E-state index is 12.7. The van der Waals surface area contributed by atoms with E-state index in [0.29, 0.717) is 27.8 Å². The van der Waals surface area contributed by atoms with Crippen LogP contribution in [-0.4, -0.2) is 11.8 Å². The Kier molecular flexibility index (Phi) is 5.83. The molecule has 2 amide bonds. The van der Waals surface area contributed by atoms with E-state index in [1.54, 1.807) is 30.3 Å². The van der Waals surface area contributed by atoms with E-state index in [2.05, 4.69) is 5.32 Å². The number of nitriles is 1. The smallest absolute Gasteiger partial charge is 0.277 e. The molecule has 0 aliphatic heterocycles. The Morgan fingerprint density at radius 3 is 2.31 bits per heavy atom. The number of nitrogens with one attached hydrogen (secondary N) is 1. The number of hydrogen-bond donors (Lipinski definition) is 3. The summed E-state index contributed by atoms with van der Waals surface area (Å²) in [6, 6.07) is 12.7. The van der Waals surface area contributed by atoms with Crippen LogP contribution in [0.2, 0.25) is 5.02 Å². The van der Waals surface area contributed by atoms with Crippen LogP contribution in [0.15, 0.2) is 54.2 Å². The van der Waals surface area contributed by atoms with Gasteiger partial charge in [0.15, 0.2) is 0 Å². The van der Waals surface area contributed by atoms with E-state index in [4.69, 9.17) is 23.1 Å². The average molecular weight is 370 g/mol. The fourth-order valence-corrected chi connectivity index (χ4v) is 2.37. The molecule has 7 nitrogen and oxygen atoms in total. The molecule has 2 aromatic carbocycles. The molecule has 0 aromatic heterocycles. The van der Waals surface area contributed by atoms with Gasteiger partial charge in [-0.25, -0.2) is 4.90 Å². The average Bonchev–Trinajstić information content (AvgIpc) is 2.58. The van der Waals surface area contributed by atoms with Crippen molar-refractivity contribution in [2.24, 2.45) is 0 Å². The van der Waals surface area contributed by atoms with E-state index in [1.165, 1.54) is 31.3 Å². The molecular formula is C18H16ClN5O2. The van der Waals surface area contributed by atoms with Crippen LogP contribution >= 0.6 is 11.6 Å². The van der Waals surface area contributed by atoms with Gasteiger partial charge in [-0.15, -0.1) is 0 Å². The number of nitrogens with two attached hydrogens (primary N) is 2. The minimum absolute atomic E-state index is 0.273. The molecule has 0 saturated heterocycles. The number of anilines is 4. The van der Waals surface area contributed by atoms with Crippen molar-refractivity contribution in [2.45, 2.75) is 6.92 Å². The summed E-state index contributed by atoms with van der Waals surface area (Å²) in [4.78, 5) is 25.5. The highest BCUT2D eigenvalue weighted by Gasteiger charge is 2.24. The zero-order valence-electron chi connectivity index (χ0n) is 13.9. The molecule has 26 heavy (non-hydrogen) atoms. The second kappa shape index (κ2) is 8.05. The number of carbonyl (C=O) groups is 2. The van der Waals surface area contributed by atoms with Crippen molar-refractivity contribution < 1.29 is 9.59 Å². The minimum Gasteiger partial charge on any atom is -0.399 e. The van der Waals surface area contributed by atoms with Crippen LogP contribution < -0.4 is 21.7 Å². The van der Waals surface area contributed by atoms with Gasteiger partial charge < -0.3 is 16.8 Å². The summed E-state index contributed by atoms with van der Waals surface area (Å²) in [6.45, 7) is 1.23. The molecule has 0 unspecified atom stereocenters. The van der Waals surface area contributed by atoms with Crippen molar-refractivity contribution in [1.29, 1.82) is 5.26 Å². The standard InChI is InChI=1S/C18H16ClN5O2/c1-11(25)24(15-5-2-13(21)3-6-15)18(26)12(9-20)10-23-17-7-4-14(22)8-16(17)19/h2-8,10,23H,21-22H2,1H3/b12-10-. The Bertz CT molecular complexity index is 916. The van der Waals surface area contributed by atoms with Gasteiger partial charge >= 0.3 is 0 Å². The first-order valence-electron chi connectivity index (χ1n) is 7.46. The van der Waals surface area contributed by atoms with Gasteiger partial charge in [0.1, 0.15) is 11.6 Å². The van der Waals surface area contributed by atoms with Crippen molar-refractivity contribution in [3.8, 4) is 6.07 Å². The number of halogens is 1. The van der Waals surface area contributed by atoms with Gasteiger partial charge in [-0.1, -0.05) is 11.6 Å². The lowest BCUT2D eigenvalue weighted by atomic mass is 10.2. The van der Waals surface area contributed by atoms with Gasteiger partial charge in [-0.2, -0.15) is 5.26 Å². The van der Waals surface area contributed by atoms with Crippen LogP contribution in [0.25, 0.3) is 0 Å². The van der Waals surface area contributed by atoms with E-state index in [-0.39, 0.29) is 5.57 Å². The molecular weight excluding hydrogens is 354 g/mol. The van der Waals surface area contributed by atoms with Crippen molar-refractivity contribution >= 4 is 46.2 Å². The summed E-state index contributed by atoms with van der Waals surface area (Å²) in [6.07, 6.45) is 1.19. The molecule has 0 fully saturated rings. The number of imide groups is 1. The van der Waals surface area contributed by atoms with Crippen LogP contribution in [0, 0.1) is 11.3 Å². The van der Waals surface area contributed by atoms with Crippen molar-refractivity contribution in [3.05, 3.63) is 59.3 Å². The van der Waals surface area contributed by atoms with Crippen molar-refractivity contribution in [3.63, 3.8) is 0 Å². The van der Waals surface area contributed by atoms with Crippen LogP contribution in [-0.2, 0) is 9.59 Å². The molecule has 0 radical (unpaired) electrons. The Morgan fingerprint density at radius 2 is 1.77 bits per heavy atom. The first kappa shape index (κ1) is 18.8. The van der Waals surface area contributed by atoms with Crippen molar-refractivity contribution in [2.75, 3.05) is 21.7 Å². The summed E-state index contributed by atoms with van der Waals surface area (Å²) >= 11 is 6.04. The van der Waals surface area contributed by atoms with Gasteiger partial charge in [0.25, 0.3) is 5.91 Å². The first-order valence-corrected chi connectivity index (χ1v) is 7.83. The summed E-state index contributed by atoms with van der Waals surface area (Å²) < 4.78 is 0. The maximum Gasteiger partial charge on any atom is 0.277 e. The molecule has 0 aliphatic carbocycles. The number of nitrogens with zero attached hydrogens (tertiary/aromatic N) is 2. The number of benzene rings is 2. The topological polar surface area (TPSA) is 125 Å². The van der Waals surface area contributed by atoms with Crippen LogP contribution in [0.5, 0.6) is 0 Å². The van der Waals surface area contributed by atoms with Crippen LogP contribution in [0.4, 0.5) is 22.7 Å². The summed E-state index contributed by atoms with van der Waals surface area (Å²) in [5, 5.41) is 12.4. The Morgan fingerprint density at radius 1 is 1.15 bits per heavy atom. The van der Waals surface area contributed by atoms with Gasteiger partial charge in [-0.05, 0) is 42.5 Å².